The minimum Gasteiger partial charge on any atom is -0.487 e. The van der Waals surface area contributed by atoms with Gasteiger partial charge in [-0.15, -0.1) is 0 Å². The van der Waals surface area contributed by atoms with E-state index in [-0.39, 0.29) is 5.60 Å². The molecule has 0 aliphatic heterocycles. The number of rotatable bonds is 6. The first kappa shape index (κ1) is 15.0. The predicted molar refractivity (Wildman–Crippen MR) is 78.5 cm³/mol. The molecule has 0 amide bonds. The van der Waals surface area contributed by atoms with Crippen LogP contribution in [-0.4, -0.2) is 18.7 Å². The maximum atomic E-state index is 6.06. The summed E-state index contributed by atoms with van der Waals surface area (Å²) in [6, 6.07) is 6.40. The first-order valence-electron chi connectivity index (χ1n) is 6.86. The van der Waals surface area contributed by atoms with Gasteiger partial charge in [-0.3, -0.25) is 0 Å². The fraction of sp³-hybridized carbons (Fsp3) is 0.625. The monoisotopic (exact) mass is 249 g/mol. The van der Waals surface area contributed by atoms with Crippen molar-refractivity contribution in [2.24, 2.45) is 0 Å². The van der Waals surface area contributed by atoms with Gasteiger partial charge in [0.05, 0.1) is 0 Å². The lowest BCUT2D eigenvalue weighted by Crippen LogP contribution is -2.40. The molecule has 102 valence electrons. The van der Waals surface area contributed by atoms with Crippen molar-refractivity contribution in [2.75, 3.05) is 13.1 Å². The number of nitrogens with one attached hydrogen (secondary N) is 1. The summed E-state index contributed by atoms with van der Waals surface area (Å²) in [5.74, 6) is 1.52. The Morgan fingerprint density at radius 1 is 1.28 bits per heavy atom. The standard InChI is InChI=1S/C16H27NO/c1-7-17-11-16(5,6)18-14-8-9-15(12(2)3)13(4)10-14/h8-10,12,17H,7,11H2,1-6H3. The van der Waals surface area contributed by atoms with Gasteiger partial charge < -0.3 is 10.1 Å². The predicted octanol–water partition coefficient (Wildman–Crippen LogP) is 3.89. The molecule has 0 atom stereocenters. The zero-order chi connectivity index (χ0) is 13.8. The van der Waals surface area contributed by atoms with Crippen molar-refractivity contribution in [1.29, 1.82) is 0 Å². The Bertz CT molecular complexity index is 383. The fourth-order valence-corrected chi connectivity index (χ4v) is 2.14. The van der Waals surface area contributed by atoms with E-state index < -0.39 is 0 Å². The highest BCUT2D eigenvalue weighted by Gasteiger charge is 2.19. The van der Waals surface area contributed by atoms with Crippen molar-refractivity contribution in [1.82, 2.24) is 5.32 Å². The second-order valence-corrected chi connectivity index (χ2v) is 5.82. The van der Waals surface area contributed by atoms with Crippen LogP contribution >= 0.6 is 0 Å². The molecule has 18 heavy (non-hydrogen) atoms. The Kier molecular flexibility index (Phi) is 5.21. The van der Waals surface area contributed by atoms with Crippen LogP contribution in [0.3, 0.4) is 0 Å². The second-order valence-electron chi connectivity index (χ2n) is 5.82. The first-order chi connectivity index (χ1) is 8.35. The molecular weight excluding hydrogens is 222 g/mol. The Labute approximate surface area is 112 Å². The van der Waals surface area contributed by atoms with E-state index in [9.17, 15) is 0 Å². The van der Waals surface area contributed by atoms with Gasteiger partial charge in [-0.25, -0.2) is 0 Å². The summed E-state index contributed by atoms with van der Waals surface area (Å²) in [4.78, 5) is 0. The topological polar surface area (TPSA) is 21.3 Å². The molecule has 1 aromatic rings. The van der Waals surface area contributed by atoms with Gasteiger partial charge in [-0.2, -0.15) is 0 Å². The number of ether oxygens (including phenoxy) is 1. The molecule has 1 N–H and O–H groups in total. The number of benzene rings is 1. The van der Waals surface area contributed by atoms with E-state index in [1.165, 1.54) is 11.1 Å². The quantitative estimate of drug-likeness (QED) is 0.826. The summed E-state index contributed by atoms with van der Waals surface area (Å²) in [6.07, 6.45) is 0. The summed E-state index contributed by atoms with van der Waals surface area (Å²) in [5, 5.41) is 3.33. The molecule has 0 heterocycles. The van der Waals surface area contributed by atoms with Crippen molar-refractivity contribution in [3.63, 3.8) is 0 Å². The van der Waals surface area contributed by atoms with Crippen molar-refractivity contribution in [3.05, 3.63) is 29.3 Å². The average Bonchev–Trinajstić information content (AvgIpc) is 2.25. The summed E-state index contributed by atoms with van der Waals surface area (Å²) >= 11 is 0. The van der Waals surface area contributed by atoms with Gasteiger partial charge in [0.1, 0.15) is 11.4 Å². The third kappa shape index (κ3) is 4.34. The zero-order valence-corrected chi connectivity index (χ0v) is 12.6. The van der Waals surface area contributed by atoms with E-state index in [0.29, 0.717) is 5.92 Å². The Hall–Kier alpha value is -1.02. The molecule has 0 radical (unpaired) electrons. The van der Waals surface area contributed by atoms with Crippen LogP contribution in [0, 0.1) is 6.92 Å². The molecule has 0 saturated carbocycles. The van der Waals surface area contributed by atoms with E-state index in [1.807, 2.05) is 0 Å². The average molecular weight is 249 g/mol. The van der Waals surface area contributed by atoms with Gasteiger partial charge in [0.15, 0.2) is 0 Å². The van der Waals surface area contributed by atoms with Gasteiger partial charge in [-0.05, 0) is 56.5 Å². The number of hydrogen-bond acceptors (Lipinski definition) is 2. The van der Waals surface area contributed by atoms with E-state index in [2.05, 4.69) is 65.1 Å². The van der Waals surface area contributed by atoms with Crippen LogP contribution in [0.15, 0.2) is 18.2 Å². The third-order valence-electron chi connectivity index (χ3n) is 3.06. The molecule has 0 bridgehead atoms. The van der Waals surface area contributed by atoms with E-state index in [0.717, 1.165) is 18.8 Å². The minimum absolute atomic E-state index is 0.179. The summed E-state index contributed by atoms with van der Waals surface area (Å²) < 4.78 is 6.06. The molecule has 1 aromatic carbocycles. The number of aryl methyl sites for hydroxylation is 1. The molecule has 0 aliphatic carbocycles. The Balaban J connectivity index is 2.76. The lowest BCUT2D eigenvalue weighted by atomic mass is 9.98. The van der Waals surface area contributed by atoms with Gasteiger partial charge in [0, 0.05) is 6.54 Å². The van der Waals surface area contributed by atoms with Gasteiger partial charge in [-0.1, -0.05) is 26.8 Å². The summed E-state index contributed by atoms with van der Waals surface area (Å²) in [7, 11) is 0. The van der Waals surface area contributed by atoms with E-state index >= 15 is 0 Å². The molecular formula is C16H27NO. The van der Waals surface area contributed by atoms with Crippen LogP contribution in [0.25, 0.3) is 0 Å². The van der Waals surface area contributed by atoms with Crippen LogP contribution in [0.5, 0.6) is 5.75 Å². The van der Waals surface area contributed by atoms with Crippen LogP contribution in [0.1, 0.15) is 51.7 Å². The van der Waals surface area contributed by atoms with Crippen molar-refractivity contribution in [3.8, 4) is 5.75 Å². The van der Waals surface area contributed by atoms with Gasteiger partial charge in [0.25, 0.3) is 0 Å². The van der Waals surface area contributed by atoms with Crippen LogP contribution in [0.4, 0.5) is 0 Å². The van der Waals surface area contributed by atoms with Gasteiger partial charge >= 0.3 is 0 Å². The zero-order valence-electron chi connectivity index (χ0n) is 12.6. The molecule has 2 nitrogen and oxygen atoms in total. The summed E-state index contributed by atoms with van der Waals surface area (Å²) in [6.45, 7) is 14.8. The Morgan fingerprint density at radius 2 is 1.94 bits per heavy atom. The Morgan fingerprint density at radius 3 is 2.44 bits per heavy atom. The van der Waals surface area contributed by atoms with Gasteiger partial charge in [0.2, 0.25) is 0 Å². The van der Waals surface area contributed by atoms with Crippen LogP contribution in [-0.2, 0) is 0 Å². The SMILES string of the molecule is CCNCC(C)(C)Oc1ccc(C(C)C)c(C)c1. The molecule has 1 rings (SSSR count). The third-order valence-corrected chi connectivity index (χ3v) is 3.06. The molecule has 0 saturated heterocycles. The van der Waals surface area contributed by atoms with Crippen LogP contribution < -0.4 is 10.1 Å². The molecule has 0 unspecified atom stereocenters. The smallest absolute Gasteiger partial charge is 0.120 e. The number of hydrogen-bond donors (Lipinski definition) is 1. The molecule has 0 aromatic heterocycles. The normalized spacial score (nSPS) is 11.9. The maximum absolute atomic E-state index is 6.06. The van der Waals surface area contributed by atoms with Crippen molar-refractivity contribution < 1.29 is 4.74 Å². The minimum atomic E-state index is -0.179. The molecule has 2 heteroatoms. The first-order valence-corrected chi connectivity index (χ1v) is 6.86. The lowest BCUT2D eigenvalue weighted by molar-refractivity contribution is 0.109. The summed E-state index contributed by atoms with van der Waals surface area (Å²) in [5.41, 5.74) is 2.52. The largest absolute Gasteiger partial charge is 0.487 e. The van der Waals surface area contributed by atoms with Crippen molar-refractivity contribution >= 4 is 0 Å². The highest BCUT2D eigenvalue weighted by Crippen LogP contribution is 2.25. The van der Waals surface area contributed by atoms with E-state index in [4.69, 9.17) is 4.74 Å². The van der Waals surface area contributed by atoms with E-state index in [1.54, 1.807) is 0 Å². The molecule has 0 fully saturated rings. The number of likely N-dealkylation sites (N-methyl/N-ethyl adjacent to an activating group) is 1. The maximum Gasteiger partial charge on any atom is 0.120 e. The van der Waals surface area contributed by atoms with Crippen LogP contribution in [0.2, 0.25) is 0 Å². The molecule has 0 aliphatic rings. The second kappa shape index (κ2) is 6.24. The highest BCUT2D eigenvalue weighted by atomic mass is 16.5. The highest BCUT2D eigenvalue weighted by molar-refractivity contribution is 5.36. The van der Waals surface area contributed by atoms with Crippen molar-refractivity contribution in [2.45, 2.75) is 53.1 Å². The molecule has 0 spiro atoms. The fourth-order valence-electron chi connectivity index (χ4n) is 2.14. The lowest BCUT2D eigenvalue weighted by Gasteiger charge is -2.27.